The van der Waals surface area contributed by atoms with E-state index < -0.39 is 0 Å². The largest absolute Gasteiger partial charge is 0.375 e. The van der Waals surface area contributed by atoms with Crippen molar-refractivity contribution < 1.29 is 9.53 Å². The number of rotatable bonds is 7. The first-order chi connectivity index (χ1) is 6.87. The molecule has 0 spiro atoms. The highest BCUT2D eigenvalue weighted by Gasteiger charge is 2.18. The zero-order valence-electron chi connectivity index (χ0n) is 10.7. The minimum Gasteiger partial charge on any atom is -0.375 e. The lowest BCUT2D eigenvalue weighted by Gasteiger charge is -2.26. The molecule has 0 unspecified atom stereocenters. The van der Waals surface area contributed by atoms with Crippen molar-refractivity contribution in [2.45, 2.75) is 53.1 Å². The second kappa shape index (κ2) is 6.83. The van der Waals surface area contributed by atoms with Crippen molar-refractivity contribution in [3.05, 3.63) is 0 Å². The summed E-state index contributed by atoms with van der Waals surface area (Å²) in [6.07, 6.45) is 1.40. The first-order valence-corrected chi connectivity index (χ1v) is 5.78. The van der Waals surface area contributed by atoms with Gasteiger partial charge in [-0.15, -0.1) is 0 Å². The highest BCUT2D eigenvalue weighted by atomic mass is 16.5. The predicted molar refractivity (Wildman–Crippen MR) is 62.8 cm³/mol. The van der Waals surface area contributed by atoms with Gasteiger partial charge in [-0.3, -0.25) is 4.79 Å². The highest BCUT2D eigenvalue weighted by Crippen LogP contribution is 2.14. The summed E-state index contributed by atoms with van der Waals surface area (Å²) in [6, 6.07) is 0. The van der Waals surface area contributed by atoms with Crippen LogP contribution in [-0.4, -0.2) is 24.7 Å². The zero-order chi connectivity index (χ0) is 11.9. The molecule has 0 aliphatic heterocycles. The first kappa shape index (κ1) is 14.4. The summed E-state index contributed by atoms with van der Waals surface area (Å²) in [4.78, 5) is 11.0. The molecule has 15 heavy (non-hydrogen) atoms. The maximum Gasteiger partial charge on any atom is 0.219 e. The summed E-state index contributed by atoms with van der Waals surface area (Å²) in [6.45, 7) is 11.7. The van der Waals surface area contributed by atoms with Crippen LogP contribution in [0, 0.1) is 5.92 Å². The Balaban J connectivity index is 3.68. The highest BCUT2D eigenvalue weighted by molar-refractivity contribution is 5.75. The summed E-state index contributed by atoms with van der Waals surface area (Å²) in [5, 5.41) is 2.86. The van der Waals surface area contributed by atoms with E-state index in [0.717, 1.165) is 13.0 Å². The standard InChI is InChI=1S/C12H25NO2/c1-6-11(14)13-8-7-12(4,5)15-9-10(2)3/h10H,6-9H2,1-5H3,(H,13,14). The lowest BCUT2D eigenvalue weighted by Crippen LogP contribution is -2.33. The third kappa shape index (κ3) is 8.43. The summed E-state index contributed by atoms with van der Waals surface area (Å²) in [5.74, 6) is 0.657. The van der Waals surface area contributed by atoms with Gasteiger partial charge in [-0.25, -0.2) is 0 Å². The fourth-order valence-corrected chi connectivity index (χ4v) is 1.09. The van der Waals surface area contributed by atoms with Gasteiger partial charge >= 0.3 is 0 Å². The van der Waals surface area contributed by atoms with Crippen LogP contribution in [0.15, 0.2) is 0 Å². The SMILES string of the molecule is CCC(=O)NCCC(C)(C)OCC(C)C. The van der Waals surface area contributed by atoms with Crippen LogP contribution < -0.4 is 5.32 Å². The van der Waals surface area contributed by atoms with E-state index in [2.05, 4.69) is 33.0 Å². The second-order valence-corrected chi connectivity index (χ2v) is 4.92. The molecule has 3 nitrogen and oxygen atoms in total. The molecule has 0 saturated heterocycles. The van der Waals surface area contributed by atoms with Crippen LogP contribution in [0.4, 0.5) is 0 Å². The molecule has 0 aromatic heterocycles. The van der Waals surface area contributed by atoms with E-state index in [9.17, 15) is 4.79 Å². The normalized spacial score (nSPS) is 11.9. The molecule has 3 heteroatoms. The Morgan fingerprint density at radius 1 is 1.40 bits per heavy atom. The summed E-state index contributed by atoms with van der Waals surface area (Å²) in [7, 11) is 0. The van der Waals surface area contributed by atoms with Crippen LogP contribution in [0.5, 0.6) is 0 Å². The Morgan fingerprint density at radius 2 is 2.00 bits per heavy atom. The van der Waals surface area contributed by atoms with E-state index in [1.165, 1.54) is 0 Å². The molecule has 0 fully saturated rings. The minimum atomic E-state index is -0.148. The Labute approximate surface area is 93.6 Å². The number of nitrogens with one attached hydrogen (secondary N) is 1. The molecule has 0 aliphatic rings. The fourth-order valence-electron chi connectivity index (χ4n) is 1.09. The van der Waals surface area contributed by atoms with Gasteiger partial charge in [-0.05, 0) is 26.2 Å². The van der Waals surface area contributed by atoms with Gasteiger partial charge in [0.2, 0.25) is 5.91 Å². The van der Waals surface area contributed by atoms with Gasteiger partial charge in [0.1, 0.15) is 0 Å². The van der Waals surface area contributed by atoms with Gasteiger partial charge in [0.25, 0.3) is 0 Å². The third-order valence-electron chi connectivity index (χ3n) is 2.18. The van der Waals surface area contributed by atoms with Crippen molar-refractivity contribution in [1.29, 1.82) is 0 Å². The van der Waals surface area contributed by atoms with E-state index in [-0.39, 0.29) is 11.5 Å². The Hall–Kier alpha value is -0.570. The summed E-state index contributed by atoms with van der Waals surface area (Å²) < 4.78 is 5.76. The number of carbonyl (C=O) groups excluding carboxylic acids is 1. The van der Waals surface area contributed by atoms with Gasteiger partial charge in [-0.2, -0.15) is 0 Å². The number of amides is 1. The van der Waals surface area contributed by atoms with Crippen molar-refractivity contribution in [2.24, 2.45) is 5.92 Å². The smallest absolute Gasteiger partial charge is 0.219 e. The van der Waals surface area contributed by atoms with Crippen LogP contribution in [-0.2, 0) is 9.53 Å². The van der Waals surface area contributed by atoms with Crippen LogP contribution >= 0.6 is 0 Å². The topological polar surface area (TPSA) is 38.3 Å². The molecule has 0 aliphatic carbocycles. The van der Waals surface area contributed by atoms with E-state index in [0.29, 0.717) is 18.9 Å². The lowest BCUT2D eigenvalue weighted by atomic mass is 10.0. The number of hydrogen-bond acceptors (Lipinski definition) is 2. The van der Waals surface area contributed by atoms with E-state index in [1.807, 2.05) is 6.92 Å². The van der Waals surface area contributed by atoms with E-state index in [1.54, 1.807) is 0 Å². The number of ether oxygens (including phenoxy) is 1. The minimum absolute atomic E-state index is 0.106. The number of hydrogen-bond donors (Lipinski definition) is 1. The average Bonchev–Trinajstić information content (AvgIpc) is 2.14. The first-order valence-electron chi connectivity index (χ1n) is 5.78. The molecular formula is C12H25NO2. The van der Waals surface area contributed by atoms with Crippen molar-refractivity contribution in [1.82, 2.24) is 5.32 Å². The van der Waals surface area contributed by atoms with Gasteiger partial charge in [0, 0.05) is 19.6 Å². The molecular weight excluding hydrogens is 190 g/mol. The van der Waals surface area contributed by atoms with Crippen molar-refractivity contribution in [3.63, 3.8) is 0 Å². The molecule has 0 aromatic carbocycles. The zero-order valence-corrected chi connectivity index (χ0v) is 10.7. The molecule has 0 bridgehead atoms. The maximum absolute atomic E-state index is 11.0. The summed E-state index contributed by atoms with van der Waals surface area (Å²) >= 11 is 0. The second-order valence-electron chi connectivity index (χ2n) is 4.92. The number of carbonyl (C=O) groups is 1. The van der Waals surface area contributed by atoms with E-state index >= 15 is 0 Å². The molecule has 0 heterocycles. The monoisotopic (exact) mass is 215 g/mol. The Bertz CT molecular complexity index is 188. The van der Waals surface area contributed by atoms with Gasteiger partial charge < -0.3 is 10.1 Å². The fraction of sp³-hybridized carbons (Fsp3) is 0.917. The van der Waals surface area contributed by atoms with Gasteiger partial charge in [0.05, 0.1) is 5.60 Å². The quantitative estimate of drug-likeness (QED) is 0.708. The van der Waals surface area contributed by atoms with Crippen LogP contribution in [0.25, 0.3) is 0 Å². The third-order valence-corrected chi connectivity index (χ3v) is 2.18. The molecule has 0 saturated carbocycles. The van der Waals surface area contributed by atoms with Crippen molar-refractivity contribution >= 4 is 5.91 Å². The molecule has 0 aromatic rings. The maximum atomic E-state index is 11.0. The molecule has 1 N–H and O–H groups in total. The summed E-state index contributed by atoms with van der Waals surface area (Å²) in [5.41, 5.74) is -0.148. The average molecular weight is 215 g/mol. The van der Waals surface area contributed by atoms with Crippen molar-refractivity contribution in [2.75, 3.05) is 13.2 Å². The molecule has 90 valence electrons. The van der Waals surface area contributed by atoms with Crippen LogP contribution in [0.1, 0.15) is 47.5 Å². The lowest BCUT2D eigenvalue weighted by molar-refractivity contribution is -0.121. The molecule has 0 radical (unpaired) electrons. The van der Waals surface area contributed by atoms with Crippen LogP contribution in [0.2, 0.25) is 0 Å². The molecule has 0 atom stereocenters. The van der Waals surface area contributed by atoms with Crippen LogP contribution in [0.3, 0.4) is 0 Å². The van der Waals surface area contributed by atoms with Gasteiger partial charge in [-0.1, -0.05) is 20.8 Å². The van der Waals surface area contributed by atoms with Crippen molar-refractivity contribution in [3.8, 4) is 0 Å². The molecule has 0 rings (SSSR count). The van der Waals surface area contributed by atoms with Gasteiger partial charge in [0.15, 0.2) is 0 Å². The predicted octanol–water partition coefficient (Wildman–Crippen LogP) is 2.35. The Kier molecular flexibility index (Phi) is 6.57. The molecule has 1 amide bonds. The van der Waals surface area contributed by atoms with E-state index in [4.69, 9.17) is 4.74 Å². The Morgan fingerprint density at radius 3 is 2.47 bits per heavy atom.